The van der Waals surface area contributed by atoms with Crippen LogP contribution in [0.4, 0.5) is 14.5 Å². The Morgan fingerprint density at radius 2 is 1.92 bits per heavy atom. The lowest BCUT2D eigenvalue weighted by Crippen LogP contribution is -2.12. The minimum atomic E-state index is -2.99. The molecular weight excluding hydrogens is 330 g/mol. The van der Waals surface area contributed by atoms with Gasteiger partial charge in [-0.3, -0.25) is 4.79 Å². The maximum Gasteiger partial charge on any atom is 0.387 e. The molecule has 0 fully saturated rings. The molecule has 0 spiro atoms. The fraction of sp³-hybridized carbons (Fsp3) is 0.167. The molecule has 0 aliphatic heterocycles. The summed E-state index contributed by atoms with van der Waals surface area (Å²) in [6.45, 7) is -2.99. The number of para-hydroxylation sites is 1. The summed E-state index contributed by atoms with van der Waals surface area (Å²) in [5.74, 6) is -0.332. The number of aryl methyl sites for hydroxylation is 1. The SMILES string of the molecule is COc1ccc(NC(=O)c2cn(C)c3ccccc23)cc1OC(F)F. The van der Waals surface area contributed by atoms with E-state index in [0.717, 1.165) is 10.9 Å². The molecule has 0 atom stereocenters. The van der Waals surface area contributed by atoms with Gasteiger partial charge in [0, 0.05) is 35.9 Å². The molecular formula is C18H16F2N2O3. The van der Waals surface area contributed by atoms with Crippen molar-refractivity contribution < 1.29 is 23.0 Å². The van der Waals surface area contributed by atoms with Crippen LogP contribution in [0.3, 0.4) is 0 Å². The Labute approximate surface area is 142 Å². The highest BCUT2D eigenvalue weighted by atomic mass is 19.3. The van der Waals surface area contributed by atoms with Crippen molar-refractivity contribution in [1.82, 2.24) is 4.57 Å². The van der Waals surface area contributed by atoms with Crippen LogP contribution in [0.15, 0.2) is 48.7 Å². The molecule has 1 N–H and O–H groups in total. The minimum absolute atomic E-state index is 0.145. The second-order valence-corrected chi connectivity index (χ2v) is 5.37. The molecule has 1 aromatic heterocycles. The number of rotatable bonds is 5. The lowest BCUT2D eigenvalue weighted by molar-refractivity contribution is -0.0511. The van der Waals surface area contributed by atoms with E-state index in [2.05, 4.69) is 10.1 Å². The maximum atomic E-state index is 12.6. The third-order valence-corrected chi connectivity index (χ3v) is 3.78. The quantitative estimate of drug-likeness (QED) is 0.759. The topological polar surface area (TPSA) is 52.5 Å². The number of carbonyl (C=O) groups excluding carboxylic acids is 1. The zero-order valence-corrected chi connectivity index (χ0v) is 13.6. The van der Waals surface area contributed by atoms with Gasteiger partial charge in [-0.1, -0.05) is 18.2 Å². The van der Waals surface area contributed by atoms with Crippen LogP contribution in [0.2, 0.25) is 0 Å². The largest absolute Gasteiger partial charge is 0.493 e. The number of alkyl halides is 2. The molecule has 0 bridgehead atoms. The van der Waals surface area contributed by atoms with Gasteiger partial charge in [0.05, 0.1) is 12.7 Å². The second kappa shape index (κ2) is 6.80. The summed E-state index contributed by atoms with van der Waals surface area (Å²) < 4.78 is 36.3. The highest BCUT2D eigenvalue weighted by Crippen LogP contribution is 2.32. The van der Waals surface area contributed by atoms with Crippen LogP contribution in [-0.4, -0.2) is 24.2 Å². The average molecular weight is 346 g/mol. The van der Waals surface area contributed by atoms with Crippen molar-refractivity contribution in [1.29, 1.82) is 0 Å². The summed E-state index contributed by atoms with van der Waals surface area (Å²) in [6.07, 6.45) is 1.72. The minimum Gasteiger partial charge on any atom is -0.493 e. The number of nitrogens with one attached hydrogen (secondary N) is 1. The first-order chi connectivity index (χ1) is 12.0. The third kappa shape index (κ3) is 3.40. The summed E-state index contributed by atoms with van der Waals surface area (Å²) in [6, 6.07) is 11.8. The van der Waals surface area contributed by atoms with E-state index in [0.29, 0.717) is 11.3 Å². The molecule has 0 unspecified atom stereocenters. The van der Waals surface area contributed by atoms with E-state index >= 15 is 0 Å². The molecule has 1 heterocycles. The van der Waals surface area contributed by atoms with Crippen molar-refractivity contribution in [2.24, 2.45) is 7.05 Å². The van der Waals surface area contributed by atoms with Crippen molar-refractivity contribution in [3.8, 4) is 11.5 Å². The number of nitrogens with zero attached hydrogens (tertiary/aromatic N) is 1. The summed E-state index contributed by atoms with van der Waals surface area (Å²) in [7, 11) is 3.20. The lowest BCUT2D eigenvalue weighted by atomic mass is 10.1. The Bertz CT molecular complexity index is 922. The summed E-state index contributed by atoms with van der Waals surface area (Å²) in [5, 5.41) is 3.50. The molecule has 0 saturated carbocycles. The van der Waals surface area contributed by atoms with Crippen LogP contribution < -0.4 is 14.8 Å². The number of hydrogen-bond donors (Lipinski definition) is 1. The van der Waals surface area contributed by atoms with Gasteiger partial charge < -0.3 is 19.4 Å². The predicted molar refractivity (Wildman–Crippen MR) is 90.5 cm³/mol. The van der Waals surface area contributed by atoms with Crippen LogP contribution >= 0.6 is 0 Å². The third-order valence-electron chi connectivity index (χ3n) is 3.78. The number of ether oxygens (including phenoxy) is 2. The summed E-state index contributed by atoms with van der Waals surface area (Å²) >= 11 is 0. The van der Waals surface area contributed by atoms with Gasteiger partial charge in [0.1, 0.15) is 0 Å². The monoisotopic (exact) mass is 346 g/mol. The van der Waals surface area contributed by atoms with Crippen LogP contribution in [0.25, 0.3) is 10.9 Å². The zero-order chi connectivity index (χ0) is 18.0. The number of anilines is 1. The predicted octanol–water partition coefficient (Wildman–Crippen LogP) is 4.04. The standard InChI is InChI=1S/C18H16F2N2O3/c1-22-10-13(12-5-3-4-6-14(12)22)17(23)21-11-7-8-15(24-2)16(9-11)25-18(19)20/h3-10,18H,1-2H3,(H,21,23). The molecule has 25 heavy (non-hydrogen) atoms. The fourth-order valence-corrected chi connectivity index (χ4v) is 2.66. The van der Waals surface area contributed by atoms with Crippen molar-refractivity contribution in [3.05, 3.63) is 54.2 Å². The Balaban J connectivity index is 1.90. The number of amides is 1. The van der Waals surface area contributed by atoms with E-state index < -0.39 is 6.61 Å². The van der Waals surface area contributed by atoms with Crippen molar-refractivity contribution in [2.45, 2.75) is 6.61 Å². The molecule has 130 valence electrons. The first-order valence-corrected chi connectivity index (χ1v) is 7.48. The zero-order valence-electron chi connectivity index (χ0n) is 13.6. The maximum absolute atomic E-state index is 12.6. The van der Waals surface area contributed by atoms with Crippen molar-refractivity contribution in [3.63, 3.8) is 0 Å². The Morgan fingerprint density at radius 3 is 2.64 bits per heavy atom. The Kier molecular flexibility index (Phi) is 4.56. The molecule has 2 aromatic carbocycles. The van der Waals surface area contributed by atoms with E-state index in [4.69, 9.17) is 4.74 Å². The molecule has 0 aliphatic rings. The molecule has 3 rings (SSSR count). The van der Waals surface area contributed by atoms with Gasteiger partial charge in [0.2, 0.25) is 0 Å². The number of hydrogen-bond acceptors (Lipinski definition) is 3. The van der Waals surface area contributed by atoms with Gasteiger partial charge in [-0.05, 0) is 18.2 Å². The van der Waals surface area contributed by atoms with Gasteiger partial charge in [-0.2, -0.15) is 8.78 Å². The van der Waals surface area contributed by atoms with E-state index in [-0.39, 0.29) is 17.4 Å². The van der Waals surface area contributed by atoms with Crippen molar-refractivity contribution >= 4 is 22.5 Å². The number of methoxy groups -OCH3 is 1. The molecule has 3 aromatic rings. The lowest BCUT2D eigenvalue weighted by Gasteiger charge is -2.12. The number of halogens is 2. The number of fused-ring (bicyclic) bond motifs is 1. The number of aromatic nitrogens is 1. The van der Waals surface area contributed by atoms with Gasteiger partial charge in [0.25, 0.3) is 5.91 Å². The van der Waals surface area contributed by atoms with Crippen LogP contribution in [0, 0.1) is 0 Å². The van der Waals surface area contributed by atoms with Crippen molar-refractivity contribution in [2.75, 3.05) is 12.4 Å². The second-order valence-electron chi connectivity index (χ2n) is 5.37. The van der Waals surface area contributed by atoms with E-state index in [1.807, 2.05) is 35.9 Å². The average Bonchev–Trinajstić information content (AvgIpc) is 2.92. The fourth-order valence-electron chi connectivity index (χ4n) is 2.66. The van der Waals surface area contributed by atoms with Crippen LogP contribution in [0.5, 0.6) is 11.5 Å². The Morgan fingerprint density at radius 1 is 1.16 bits per heavy atom. The molecule has 7 heteroatoms. The highest BCUT2D eigenvalue weighted by Gasteiger charge is 2.16. The van der Waals surface area contributed by atoms with Crippen LogP contribution in [-0.2, 0) is 7.05 Å². The molecule has 0 saturated heterocycles. The van der Waals surface area contributed by atoms with Crippen LogP contribution in [0.1, 0.15) is 10.4 Å². The summed E-state index contributed by atoms with van der Waals surface area (Å²) in [4.78, 5) is 12.6. The van der Waals surface area contributed by atoms with Gasteiger partial charge in [0.15, 0.2) is 11.5 Å². The summed E-state index contributed by atoms with van der Waals surface area (Å²) in [5.41, 5.74) is 1.74. The molecule has 0 aliphatic carbocycles. The van der Waals surface area contributed by atoms with E-state index in [1.165, 1.54) is 19.2 Å². The van der Waals surface area contributed by atoms with E-state index in [9.17, 15) is 13.6 Å². The number of benzene rings is 2. The Hall–Kier alpha value is -3.09. The van der Waals surface area contributed by atoms with E-state index in [1.54, 1.807) is 12.3 Å². The number of carbonyl (C=O) groups is 1. The highest BCUT2D eigenvalue weighted by molar-refractivity contribution is 6.13. The first-order valence-electron chi connectivity index (χ1n) is 7.48. The van der Waals surface area contributed by atoms with Gasteiger partial charge >= 0.3 is 6.61 Å². The normalized spacial score (nSPS) is 10.9. The van der Waals surface area contributed by atoms with Gasteiger partial charge in [-0.15, -0.1) is 0 Å². The molecule has 0 radical (unpaired) electrons. The smallest absolute Gasteiger partial charge is 0.387 e. The molecule has 1 amide bonds. The van der Waals surface area contributed by atoms with Gasteiger partial charge in [-0.25, -0.2) is 0 Å². The first kappa shape index (κ1) is 16.8. The molecule has 5 nitrogen and oxygen atoms in total.